The molecule has 0 heterocycles. The second-order valence-corrected chi connectivity index (χ2v) is 6.61. The quantitative estimate of drug-likeness (QED) is 0.205. The van der Waals surface area contributed by atoms with Crippen LogP contribution in [0.5, 0.6) is 0 Å². The van der Waals surface area contributed by atoms with Crippen LogP contribution >= 0.6 is 0 Å². The predicted molar refractivity (Wildman–Crippen MR) is 6.86 cm³/mol. The zero-order chi connectivity index (χ0) is 17.9. The van der Waals surface area contributed by atoms with Gasteiger partial charge in [0.15, 0.2) is 0 Å². The summed E-state index contributed by atoms with van der Waals surface area (Å²) in [6.07, 6.45) is 0. The Morgan fingerprint density at radius 3 is 0.364 bits per heavy atom. The fraction of sp³-hybridized carbons (Fsp3) is 0. The number of hydrogen-bond donors (Lipinski definition) is 0. The average molecular weight is 815 g/mol. The minimum atomic E-state index is -4.20. The summed E-state index contributed by atoms with van der Waals surface area (Å²) in [4.78, 5) is 0. The Balaban J connectivity index is -0.0000000250. The van der Waals surface area contributed by atoms with Crippen LogP contribution in [0.15, 0.2) is 0 Å². The van der Waals surface area contributed by atoms with E-state index in [0.717, 1.165) is 0 Å². The molecule has 0 amide bonds. The fourth-order valence-electron chi connectivity index (χ4n) is 0. The van der Waals surface area contributed by atoms with Crippen LogP contribution in [0.2, 0.25) is 0 Å². The maximum atomic E-state index is 8.60. The van der Waals surface area contributed by atoms with Crippen molar-refractivity contribution in [2.24, 2.45) is 0 Å². The van der Waals surface area contributed by atoms with Crippen LogP contribution in [-0.4, -0.2) is 0 Å². The van der Waals surface area contributed by atoms with Gasteiger partial charge in [-0.3, -0.25) is 0 Å². The topological polar surface area (TPSA) is 286 Å². The molecule has 0 atom stereocenters. The Kier molecular flexibility index (Phi) is 78.1. The molecule has 0 aromatic heterocycles. The molecule has 0 aliphatic carbocycles. The molecule has 0 rings (SSSR count). The third kappa shape index (κ3) is 1620. The molecule has 22 heteroatoms. The van der Waals surface area contributed by atoms with Crippen LogP contribution in [0.1, 0.15) is 0 Å². The molecular weight excluding hydrogens is 815 g/mol. The molecule has 22 heavy (non-hydrogen) atoms. The molecule has 0 aliphatic rings. The maximum absolute atomic E-state index is 8.60. The van der Waals surface area contributed by atoms with Crippen LogP contribution in [0.3, 0.4) is 0 Å². The summed E-state index contributed by atoms with van der Waals surface area (Å²) in [5.41, 5.74) is 0. The van der Waals surface area contributed by atoms with E-state index in [0.29, 0.717) is 0 Å². The van der Waals surface area contributed by atoms with Crippen LogP contribution in [0.25, 0.3) is 0 Å². The van der Waals surface area contributed by atoms with Gasteiger partial charge in [-0.1, -0.05) is 0 Å². The van der Waals surface area contributed by atoms with Gasteiger partial charge in [-0.2, -0.15) is 0 Å². The van der Waals surface area contributed by atoms with Crippen molar-refractivity contribution < 1.29 is 179 Å². The summed E-state index contributed by atoms with van der Waals surface area (Å²) in [6, 6.07) is 0. The summed E-state index contributed by atoms with van der Waals surface area (Å²) < 4.78 is 129. The van der Waals surface area contributed by atoms with Crippen molar-refractivity contribution in [3.8, 4) is 0 Å². The summed E-state index contributed by atoms with van der Waals surface area (Å²) in [7, 11) is 0. The second kappa shape index (κ2) is 38.9. The van der Waals surface area contributed by atoms with Crippen molar-refractivity contribution in [2.75, 3.05) is 0 Å². The normalized spacial score (nSPS) is 5.68. The van der Waals surface area contributed by atoms with Gasteiger partial charge in [0.25, 0.3) is 0 Å². The van der Waals surface area contributed by atoms with Crippen molar-refractivity contribution in [1.29, 1.82) is 0 Å². The molecule has 0 fully saturated rings. The predicted octanol–water partition coefficient (Wildman–Crippen LogP) is -7.15. The molecular formula is FeMnNb5O15. The zero-order valence-electron chi connectivity index (χ0n) is 9.09. The molecule has 0 spiro atoms. The van der Waals surface area contributed by atoms with E-state index in [1.165, 1.54) is 0 Å². The van der Waals surface area contributed by atoms with Crippen molar-refractivity contribution in [3.05, 3.63) is 0 Å². The van der Waals surface area contributed by atoms with Crippen LogP contribution in [0.4, 0.5) is 0 Å². The van der Waals surface area contributed by atoms with Crippen LogP contribution in [0, 0.1) is 0 Å². The van der Waals surface area contributed by atoms with Crippen LogP contribution in [-0.2, 0) is 161 Å². The van der Waals surface area contributed by atoms with Gasteiger partial charge in [-0.25, -0.2) is 0 Å². The molecule has 130 valence electrons. The molecule has 0 saturated heterocycles. The van der Waals surface area contributed by atoms with E-state index < -0.39 is 93.9 Å². The third-order valence-electron chi connectivity index (χ3n) is 0. The molecule has 0 aromatic carbocycles. The monoisotopic (exact) mass is 815 g/mol. The Labute approximate surface area is 175 Å². The Morgan fingerprint density at radius 1 is 0.364 bits per heavy atom. The SMILES string of the molecule is [Fe+3].[Mn+2].[O]=[Nb](=[O])[O-].[O]=[Nb](=[O])[O-].[O]=[Nb](=[O])[O-].[O]=[Nb](=[O])[O-].[O]=[Nb](=[O])[O-]. The van der Waals surface area contributed by atoms with Gasteiger partial charge < -0.3 is 0 Å². The van der Waals surface area contributed by atoms with Crippen molar-refractivity contribution in [2.45, 2.75) is 0 Å². The molecule has 15 nitrogen and oxygen atoms in total. The molecule has 0 N–H and O–H groups in total. The standard InChI is InChI=1S/Fe.Mn.5Nb.15O/q+3;+2;;;;;;;;;;;;;;;;5*-1. The number of rotatable bonds is 0. The molecule has 0 aliphatic heterocycles. The molecule has 0 unspecified atom stereocenters. The van der Waals surface area contributed by atoms with Gasteiger partial charge >= 0.3 is 179 Å². The van der Waals surface area contributed by atoms with E-state index in [1.54, 1.807) is 0 Å². The van der Waals surface area contributed by atoms with Gasteiger partial charge in [0.1, 0.15) is 0 Å². The van der Waals surface area contributed by atoms with Gasteiger partial charge in [0.05, 0.1) is 0 Å². The van der Waals surface area contributed by atoms with E-state index in [4.69, 9.17) is 50.6 Å². The Hall–Kier alpha value is 2.54. The minimum absolute atomic E-state index is 0. The second-order valence-electron chi connectivity index (χ2n) is 1.12. The van der Waals surface area contributed by atoms with E-state index in [2.05, 4.69) is 0 Å². The van der Waals surface area contributed by atoms with E-state index in [9.17, 15) is 0 Å². The average Bonchev–Trinajstić information content (AvgIpc) is 1.94. The summed E-state index contributed by atoms with van der Waals surface area (Å²) in [6.45, 7) is 0. The van der Waals surface area contributed by atoms with Crippen molar-refractivity contribution >= 4 is 0 Å². The number of hydrogen-bond acceptors (Lipinski definition) is 15. The van der Waals surface area contributed by atoms with Crippen molar-refractivity contribution in [3.63, 3.8) is 0 Å². The summed E-state index contributed by atoms with van der Waals surface area (Å²) in [5, 5.41) is 0. The fourth-order valence-corrected chi connectivity index (χ4v) is 0. The van der Waals surface area contributed by atoms with Crippen LogP contribution < -0.4 is 18.1 Å². The van der Waals surface area contributed by atoms with Gasteiger partial charge in [0, 0.05) is 0 Å². The molecule has 0 bridgehead atoms. The van der Waals surface area contributed by atoms with E-state index >= 15 is 0 Å². The van der Waals surface area contributed by atoms with E-state index in [1.807, 2.05) is 0 Å². The first kappa shape index (κ1) is 44.2. The Morgan fingerprint density at radius 2 is 0.364 bits per heavy atom. The zero-order valence-corrected chi connectivity index (χ0v) is 22.4. The molecule has 2 radical (unpaired) electrons. The summed E-state index contributed by atoms with van der Waals surface area (Å²) >= 11 is -21.0. The van der Waals surface area contributed by atoms with Crippen molar-refractivity contribution in [1.82, 2.24) is 0 Å². The van der Waals surface area contributed by atoms with E-state index in [-0.39, 0.29) is 34.1 Å². The molecule has 0 aromatic rings. The van der Waals surface area contributed by atoms with Gasteiger partial charge in [-0.05, 0) is 0 Å². The first-order valence-corrected chi connectivity index (χ1v) is 16.2. The third-order valence-corrected chi connectivity index (χ3v) is 0. The van der Waals surface area contributed by atoms with Gasteiger partial charge in [0.2, 0.25) is 0 Å². The summed E-state index contributed by atoms with van der Waals surface area (Å²) in [5.74, 6) is 0. The molecule has 0 saturated carbocycles. The first-order valence-electron chi connectivity index (χ1n) is 2.74. The van der Waals surface area contributed by atoms with Gasteiger partial charge in [-0.15, -0.1) is 0 Å². The Bertz CT molecular complexity index is 386. The first-order chi connectivity index (χ1) is 8.66.